The first-order valence-corrected chi connectivity index (χ1v) is 16.0. The van der Waals surface area contributed by atoms with Gasteiger partial charge in [0.15, 0.2) is 0 Å². The van der Waals surface area contributed by atoms with E-state index in [-0.39, 0.29) is 11.9 Å². The summed E-state index contributed by atoms with van der Waals surface area (Å²) in [6.45, 7) is 0.481. The van der Waals surface area contributed by atoms with Crippen LogP contribution in [-0.4, -0.2) is 61.7 Å². The van der Waals surface area contributed by atoms with Crippen LogP contribution in [0.2, 0.25) is 5.21 Å². The molecule has 3 N–H and O–H groups in total. The van der Waals surface area contributed by atoms with E-state index >= 15 is 0 Å². The van der Waals surface area contributed by atoms with Crippen LogP contribution in [0.5, 0.6) is 11.5 Å². The molecule has 0 aliphatic rings. The second-order valence-electron chi connectivity index (χ2n) is 10.5. The van der Waals surface area contributed by atoms with E-state index in [9.17, 15) is 4.79 Å². The van der Waals surface area contributed by atoms with Crippen molar-refractivity contribution in [3.05, 3.63) is 107 Å². The minimum atomic E-state index is -0.374. The Kier molecular flexibility index (Phi) is 8.52. The average molecular weight is 639 g/mol. The van der Waals surface area contributed by atoms with Crippen molar-refractivity contribution < 1.29 is 14.3 Å². The first-order chi connectivity index (χ1) is 21.1. The molecule has 9 nitrogen and oxygen atoms in total. The molecule has 10 heteroatoms. The van der Waals surface area contributed by atoms with Gasteiger partial charge in [-0.3, -0.25) is 0 Å². The second-order valence-corrected chi connectivity index (χ2v) is 11.3. The van der Waals surface area contributed by atoms with Crippen LogP contribution >= 0.6 is 0 Å². The van der Waals surface area contributed by atoms with E-state index in [4.69, 9.17) is 19.7 Å². The molecule has 0 aliphatic carbocycles. The molecule has 2 atom stereocenters. The van der Waals surface area contributed by atoms with Gasteiger partial charge in [0.1, 0.15) is 0 Å². The van der Waals surface area contributed by atoms with Gasteiger partial charge in [-0.15, -0.1) is 0 Å². The Bertz CT molecular complexity index is 1870. The minimum absolute atomic E-state index is 0.0123. The average Bonchev–Trinajstić information content (AvgIpc) is 3.77. The third-order valence-electron chi connectivity index (χ3n) is 7.90. The van der Waals surface area contributed by atoms with Gasteiger partial charge in [0.2, 0.25) is 0 Å². The van der Waals surface area contributed by atoms with Crippen molar-refractivity contribution in [2.45, 2.75) is 37.1 Å². The molecule has 3 aromatic heterocycles. The van der Waals surface area contributed by atoms with E-state index in [2.05, 4.69) is 56.4 Å². The van der Waals surface area contributed by atoms with Crippen LogP contribution in [0.3, 0.4) is 0 Å². The van der Waals surface area contributed by atoms with Crippen molar-refractivity contribution in [2.75, 3.05) is 14.2 Å². The summed E-state index contributed by atoms with van der Waals surface area (Å²) in [7, 11) is 3.30. The third-order valence-corrected chi connectivity index (χ3v) is 8.68. The molecule has 0 radical (unpaired) electrons. The molecule has 43 heavy (non-hydrogen) atoms. The monoisotopic (exact) mass is 638 g/mol. The molecular weight excluding hydrogens is 603 g/mol. The van der Waals surface area contributed by atoms with Gasteiger partial charge in [-0.05, 0) is 6.07 Å². The van der Waals surface area contributed by atoms with Crippen molar-refractivity contribution >= 4 is 44.6 Å². The maximum atomic E-state index is 12.8. The van der Waals surface area contributed by atoms with E-state index in [1.807, 2.05) is 42.6 Å². The van der Waals surface area contributed by atoms with Crippen LogP contribution in [0.1, 0.15) is 34.4 Å². The van der Waals surface area contributed by atoms with Crippen molar-refractivity contribution in [1.29, 1.82) is 0 Å². The molecule has 3 aromatic carbocycles. The molecule has 0 aliphatic heterocycles. The summed E-state index contributed by atoms with van der Waals surface area (Å²) in [6.07, 6.45) is 6.13. The zero-order valence-corrected chi connectivity index (χ0v) is 26.7. The molecular formula is C33H35AsN6O3. The van der Waals surface area contributed by atoms with Crippen LogP contribution in [0, 0.1) is 0 Å². The number of carbonyl (C=O) groups is 1. The first kappa shape index (κ1) is 28.6. The summed E-state index contributed by atoms with van der Waals surface area (Å²) in [4.78, 5) is 19.6. The number of aromatic amines is 2. The molecule has 0 spiro atoms. The zero-order chi connectivity index (χ0) is 29.8. The number of nitrogens with zero attached hydrogens (tertiary/aromatic N) is 3. The summed E-state index contributed by atoms with van der Waals surface area (Å²) in [5, 5.41) is 15.5. The van der Waals surface area contributed by atoms with E-state index in [0.717, 1.165) is 51.3 Å². The Hall–Kier alpha value is -4.49. The normalized spacial score (nSPS) is 12.1. The molecule has 220 valence electrons. The van der Waals surface area contributed by atoms with E-state index < -0.39 is 0 Å². The van der Waals surface area contributed by atoms with Gasteiger partial charge in [-0.1, -0.05) is 12.1 Å². The van der Waals surface area contributed by atoms with Crippen LogP contribution in [0.15, 0.2) is 79.1 Å². The van der Waals surface area contributed by atoms with Gasteiger partial charge in [-0.2, -0.15) is 0 Å². The SMILES string of the molecule is COc1ccc(Cn2c(CCc3c[nH]c4ccccc34)nnc2[C@@H](Cc2c[nH]c3ccccc23)NC(=O)C[AsH2])c(OC)c1. The Balaban J connectivity index is 1.39. The van der Waals surface area contributed by atoms with Crippen LogP contribution < -0.4 is 14.8 Å². The molecule has 1 unspecified atom stereocenters. The molecule has 3 heterocycles. The fourth-order valence-electron chi connectivity index (χ4n) is 5.68. The Labute approximate surface area is 258 Å². The van der Waals surface area contributed by atoms with Crippen molar-refractivity contribution in [3.63, 3.8) is 0 Å². The van der Waals surface area contributed by atoms with Gasteiger partial charge in [0.25, 0.3) is 0 Å². The topological polar surface area (TPSA) is 110 Å². The number of amides is 1. The van der Waals surface area contributed by atoms with E-state index in [1.54, 1.807) is 14.2 Å². The van der Waals surface area contributed by atoms with Crippen LogP contribution in [0.25, 0.3) is 21.8 Å². The number of nitrogens with one attached hydrogen (secondary N) is 3. The van der Waals surface area contributed by atoms with Crippen molar-refractivity contribution in [3.8, 4) is 11.5 Å². The number of hydrogen-bond donors (Lipinski definition) is 3. The number of benzene rings is 3. The Morgan fingerprint density at radius 2 is 1.58 bits per heavy atom. The van der Waals surface area contributed by atoms with Gasteiger partial charge in [-0.25, -0.2) is 0 Å². The molecule has 0 saturated heterocycles. The third kappa shape index (κ3) is 6.04. The summed E-state index contributed by atoms with van der Waals surface area (Å²) in [5.74, 6) is 2.98. The number of para-hydroxylation sites is 2. The number of H-pyrrole nitrogens is 2. The molecule has 6 rings (SSSR count). The first-order valence-electron chi connectivity index (χ1n) is 14.3. The van der Waals surface area contributed by atoms with Crippen molar-refractivity contribution in [2.24, 2.45) is 0 Å². The fraction of sp³-hybridized carbons (Fsp3) is 0.242. The number of ether oxygens (including phenoxy) is 2. The van der Waals surface area contributed by atoms with Gasteiger partial charge in [0.05, 0.1) is 7.11 Å². The summed E-state index contributed by atoms with van der Waals surface area (Å²) in [5.41, 5.74) is 5.48. The second kappa shape index (κ2) is 12.8. The number of aromatic nitrogens is 5. The summed E-state index contributed by atoms with van der Waals surface area (Å²) in [6, 6.07) is 22.0. The maximum absolute atomic E-state index is 12.8. The Morgan fingerprint density at radius 1 is 0.884 bits per heavy atom. The molecule has 0 fully saturated rings. The summed E-state index contributed by atoms with van der Waals surface area (Å²) >= 11 is 1.37. The van der Waals surface area contributed by atoms with Crippen LogP contribution in [-0.2, 0) is 30.6 Å². The predicted molar refractivity (Wildman–Crippen MR) is 171 cm³/mol. The van der Waals surface area contributed by atoms with E-state index in [1.165, 1.54) is 27.8 Å². The van der Waals surface area contributed by atoms with Crippen molar-refractivity contribution in [1.82, 2.24) is 30.0 Å². The quantitative estimate of drug-likeness (QED) is 0.171. The fourth-order valence-corrected chi connectivity index (χ4v) is 5.93. The standard InChI is InChI=1S/C33H35AsN6O3/c1-42-24-13-11-22(30(16-24)43-2)20-40-31(14-12-21-18-35-27-9-5-3-7-25(21)27)38-39-33(40)29(37-32(41)17-34)15-23-19-36-28-10-6-4-8-26(23)28/h3-11,13,16,18-19,29,35-36H,12,14-15,17,20,34H2,1-2H3,(H,37,41)/t29-/m1/s1. The van der Waals surface area contributed by atoms with Gasteiger partial charge in [0, 0.05) is 0 Å². The van der Waals surface area contributed by atoms with Crippen LogP contribution in [0.4, 0.5) is 0 Å². The van der Waals surface area contributed by atoms with E-state index in [0.29, 0.717) is 30.4 Å². The number of carbonyl (C=O) groups excluding carboxylic acids is 1. The summed E-state index contributed by atoms with van der Waals surface area (Å²) < 4.78 is 13.3. The molecule has 1 amide bonds. The van der Waals surface area contributed by atoms with Gasteiger partial charge < -0.3 is 0 Å². The molecule has 6 aromatic rings. The molecule has 0 bridgehead atoms. The predicted octanol–water partition coefficient (Wildman–Crippen LogP) is 4.54. The number of aryl methyl sites for hydroxylation is 2. The number of rotatable bonds is 12. The number of fused-ring (bicyclic) bond motifs is 2. The van der Waals surface area contributed by atoms with Gasteiger partial charge >= 0.3 is 234 Å². The number of methoxy groups -OCH3 is 2. The number of hydrogen-bond acceptors (Lipinski definition) is 5. The zero-order valence-electron chi connectivity index (χ0n) is 24.3. The molecule has 0 saturated carbocycles. The Morgan fingerprint density at radius 3 is 2.28 bits per heavy atom.